The van der Waals surface area contributed by atoms with Crippen LogP contribution in [0.5, 0.6) is 0 Å². The Labute approximate surface area is 148 Å². The van der Waals surface area contributed by atoms with Gasteiger partial charge in [0.15, 0.2) is 0 Å². The van der Waals surface area contributed by atoms with Gasteiger partial charge >= 0.3 is 0 Å². The van der Waals surface area contributed by atoms with Gasteiger partial charge < -0.3 is 4.98 Å². The number of benzene rings is 3. The van der Waals surface area contributed by atoms with E-state index in [0.717, 1.165) is 22.2 Å². The van der Waals surface area contributed by atoms with E-state index in [0.29, 0.717) is 0 Å². The van der Waals surface area contributed by atoms with Crippen LogP contribution in [0.25, 0.3) is 21.8 Å². The zero-order valence-corrected chi connectivity index (χ0v) is 14.9. The third-order valence-electron chi connectivity index (χ3n) is 4.62. The van der Waals surface area contributed by atoms with Crippen molar-refractivity contribution in [2.75, 3.05) is 0 Å². The summed E-state index contributed by atoms with van der Waals surface area (Å²) in [4.78, 5) is 3.47. The summed E-state index contributed by atoms with van der Waals surface area (Å²) in [6.07, 6.45) is 0. The molecule has 0 saturated carbocycles. The second kappa shape index (κ2) is 5.83. The summed E-state index contributed by atoms with van der Waals surface area (Å²) >= 11 is 0. The maximum absolute atomic E-state index is 3.47. The summed E-state index contributed by atoms with van der Waals surface area (Å²) in [6.45, 7) is 6.68. The van der Waals surface area contributed by atoms with Crippen LogP contribution in [0.1, 0.15) is 37.5 Å². The Morgan fingerprint density at radius 3 is 2.20 bits per heavy atom. The molecular weight excluding hydrogens is 302 g/mol. The van der Waals surface area contributed by atoms with E-state index in [4.69, 9.17) is 0 Å². The van der Waals surface area contributed by atoms with Crippen molar-refractivity contribution in [2.24, 2.45) is 0 Å². The Morgan fingerprint density at radius 1 is 0.720 bits per heavy atom. The number of aromatic amines is 1. The van der Waals surface area contributed by atoms with Crippen molar-refractivity contribution in [1.29, 1.82) is 0 Å². The molecule has 4 aromatic rings. The van der Waals surface area contributed by atoms with Crippen molar-refractivity contribution < 1.29 is 0 Å². The topological polar surface area (TPSA) is 15.8 Å². The van der Waals surface area contributed by atoms with Gasteiger partial charge in [-0.05, 0) is 41.3 Å². The Bertz CT molecular complexity index is 1110. The van der Waals surface area contributed by atoms with Crippen LogP contribution in [0.15, 0.2) is 66.7 Å². The van der Waals surface area contributed by atoms with Gasteiger partial charge in [0.1, 0.15) is 0 Å². The molecule has 3 aromatic carbocycles. The van der Waals surface area contributed by atoms with E-state index in [1.54, 1.807) is 0 Å². The molecule has 122 valence electrons. The van der Waals surface area contributed by atoms with Crippen LogP contribution in [-0.4, -0.2) is 4.98 Å². The van der Waals surface area contributed by atoms with E-state index >= 15 is 0 Å². The minimum absolute atomic E-state index is 0.168. The quantitative estimate of drug-likeness (QED) is 0.381. The molecule has 1 nitrogen and oxygen atoms in total. The summed E-state index contributed by atoms with van der Waals surface area (Å²) in [6, 6.07) is 23.2. The average Bonchev–Trinajstić information content (AvgIpc) is 2.98. The zero-order chi connectivity index (χ0) is 17.4. The van der Waals surface area contributed by atoms with Gasteiger partial charge in [-0.15, -0.1) is 0 Å². The van der Waals surface area contributed by atoms with Gasteiger partial charge in [0.25, 0.3) is 0 Å². The Kier molecular flexibility index (Phi) is 3.62. The Hall–Kier alpha value is -2.98. The highest BCUT2D eigenvalue weighted by Crippen LogP contribution is 2.28. The fourth-order valence-corrected chi connectivity index (χ4v) is 3.20. The molecule has 0 aliphatic rings. The first-order valence-electron chi connectivity index (χ1n) is 8.64. The highest BCUT2D eigenvalue weighted by Gasteiger charge is 2.12. The predicted octanol–water partition coefficient (Wildman–Crippen LogP) is 6.02. The lowest BCUT2D eigenvalue weighted by molar-refractivity contribution is 0.590. The van der Waals surface area contributed by atoms with Crippen LogP contribution in [0.4, 0.5) is 0 Å². The molecule has 0 bridgehead atoms. The van der Waals surface area contributed by atoms with E-state index in [9.17, 15) is 0 Å². The Balaban J connectivity index is 1.78. The van der Waals surface area contributed by atoms with E-state index < -0.39 is 0 Å². The molecule has 1 N–H and O–H groups in total. The van der Waals surface area contributed by atoms with E-state index in [1.165, 1.54) is 16.3 Å². The zero-order valence-electron chi connectivity index (χ0n) is 14.9. The molecule has 1 aromatic heterocycles. The summed E-state index contributed by atoms with van der Waals surface area (Å²) in [5, 5.41) is 2.43. The third-order valence-corrected chi connectivity index (χ3v) is 4.62. The standard InChI is InChI=1S/C24H21N/c1-24(2,3)19-15-12-17(13-16-19)11-14-18-7-6-10-22-23(18)20-8-4-5-9-21(20)25-22/h4-10,12-13,15-16,25H,1-3H3. The number of hydrogen-bond acceptors (Lipinski definition) is 0. The molecule has 0 aliphatic carbocycles. The molecule has 0 aliphatic heterocycles. The van der Waals surface area contributed by atoms with Gasteiger partial charge in [-0.1, -0.05) is 69.0 Å². The van der Waals surface area contributed by atoms with Gasteiger partial charge in [-0.25, -0.2) is 0 Å². The second-order valence-electron chi connectivity index (χ2n) is 7.48. The van der Waals surface area contributed by atoms with Crippen LogP contribution in [0.2, 0.25) is 0 Å². The summed E-state index contributed by atoms with van der Waals surface area (Å²) in [5.41, 5.74) is 5.90. The third kappa shape index (κ3) is 2.92. The summed E-state index contributed by atoms with van der Waals surface area (Å²) < 4.78 is 0. The van der Waals surface area contributed by atoms with E-state index in [1.807, 2.05) is 0 Å². The van der Waals surface area contributed by atoms with Crippen LogP contribution in [-0.2, 0) is 5.41 Å². The number of hydrogen-bond donors (Lipinski definition) is 1. The highest BCUT2D eigenvalue weighted by molar-refractivity contribution is 6.09. The SMILES string of the molecule is CC(C)(C)c1ccc(C#Cc2cccc3[nH]c4ccccc4c23)cc1. The number of H-pyrrole nitrogens is 1. The maximum Gasteiger partial charge on any atom is 0.0477 e. The first-order valence-corrected chi connectivity index (χ1v) is 8.64. The van der Waals surface area contributed by atoms with E-state index in [-0.39, 0.29) is 5.41 Å². The predicted molar refractivity (Wildman–Crippen MR) is 107 cm³/mol. The summed E-state index contributed by atoms with van der Waals surface area (Å²) in [5.74, 6) is 6.69. The van der Waals surface area contributed by atoms with E-state index in [2.05, 4.69) is 104 Å². The second-order valence-corrected chi connectivity index (χ2v) is 7.48. The number of rotatable bonds is 0. The minimum Gasteiger partial charge on any atom is -0.354 e. The summed E-state index contributed by atoms with van der Waals surface area (Å²) in [7, 11) is 0. The molecule has 0 saturated heterocycles. The molecule has 25 heavy (non-hydrogen) atoms. The molecule has 0 fully saturated rings. The molecule has 0 spiro atoms. The number of fused-ring (bicyclic) bond motifs is 3. The molecule has 0 radical (unpaired) electrons. The fraction of sp³-hybridized carbons (Fsp3) is 0.167. The molecule has 1 heteroatoms. The van der Waals surface area contributed by atoms with Crippen LogP contribution in [0, 0.1) is 11.8 Å². The van der Waals surface area contributed by atoms with Crippen LogP contribution < -0.4 is 0 Å². The first kappa shape index (κ1) is 15.5. The molecular formula is C24H21N. The minimum atomic E-state index is 0.168. The van der Waals surface area contributed by atoms with Gasteiger partial charge in [-0.2, -0.15) is 0 Å². The van der Waals surface area contributed by atoms with Crippen molar-refractivity contribution in [2.45, 2.75) is 26.2 Å². The van der Waals surface area contributed by atoms with Crippen LogP contribution >= 0.6 is 0 Å². The lowest BCUT2D eigenvalue weighted by atomic mass is 9.87. The largest absolute Gasteiger partial charge is 0.354 e. The molecule has 0 atom stereocenters. The Morgan fingerprint density at radius 2 is 1.44 bits per heavy atom. The molecule has 4 rings (SSSR count). The maximum atomic E-state index is 3.47. The van der Waals surface area contributed by atoms with Crippen molar-refractivity contribution in [1.82, 2.24) is 4.98 Å². The van der Waals surface area contributed by atoms with Gasteiger partial charge in [0.2, 0.25) is 0 Å². The molecule has 0 amide bonds. The fourth-order valence-electron chi connectivity index (χ4n) is 3.20. The van der Waals surface area contributed by atoms with Crippen molar-refractivity contribution >= 4 is 21.8 Å². The number of nitrogens with one attached hydrogen (secondary N) is 1. The van der Waals surface area contributed by atoms with Crippen molar-refractivity contribution in [3.63, 3.8) is 0 Å². The van der Waals surface area contributed by atoms with Gasteiger partial charge in [0.05, 0.1) is 0 Å². The first-order chi connectivity index (χ1) is 12.0. The molecule has 0 unspecified atom stereocenters. The van der Waals surface area contributed by atoms with Gasteiger partial charge in [-0.3, -0.25) is 0 Å². The van der Waals surface area contributed by atoms with Gasteiger partial charge in [0, 0.05) is 32.9 Å². The number of aromatic nitrogens is 1. The lowest BCUT2D eigenvalue weighted by Crippen LogP contribution is -2.10. The highest BCUT2D eigenvalue weighted by atomic mass is 14.7. The lowest BCUT2D eigenvalue weighted by Gasteiger charge is -2.18. The smallest absolute Gasteiger partial charge is 0.0477 e. The number of para-hydroxylation sites is 1. The average molecular weight is 323 g/mol. The normalized spacial score (nSPS) is 11.5. The monoisotopic (exact) mass is 323 g/mol. The van der Waals surface area contributed by atoms with Crippen LogP contribution in [0.3, 0.4) is 0 Å². The van der Waals surface area contributed by atoms with Crippen molar-refractivity contribution in [3.8, 4) is 11.8 Å². The van der Waals surface area contributed by atoms with Crippen molar-refractivity contribution in [3.05, 3.63) is 83.4 Å². The molecule has 1 heterocycles.